The van der Waals surface area contributed by atoms with Crippen LogP contribution in [0.5, 0.6) is 0 Å². The normalized spacial score (nSPS) is 15.5. The van der Waals surface area contributed by atoms with E-state index in [0.717, 1.165) is 25.9 Å². The third kappa shape index (κ3) is 6.02. The molecule has 0 unspecified atom stereocenters. The topological polar surface area (TPSA) is 85.8 Å². The molecule has 1 saturated heterocycles. The number of carbonyl (C=O) groups is 2. The number of rotatable bonds is 5. The number of carbonyl (C=O) groups excluding carboxylic acids is 2. The minimum Gasteiger partial charge on any atom is -0.359 e. The SMILES string of the molecule is CN=C(NCC(=O)Nc1cccc(F)c1)N1CCC(CC(=O)NC)CC1. The highest BCUT2D eigenvalue weighted by atomic mass is 19.1. The Bertz CT molecular complexity index is 657. The first-order chi connectivity index (χ1) is 12.5. The number of nitrogens with zero attached hydrogens (tertiary/aromatic N) is 2. The number of nitrogens with one attached hydrogen (secondary N) is 3. The van der Waals surface area contributed by atoms with Gasteiger partial charge >= 0.3 is 0 Å². The molecule has 26 heavy (non-hydrogen) atoms. The standard InChI is InChI=1S/C18H26FN5O2/c1-20-16(25)10-13-6-8-24(9-7-13)18(21-2)22-12-17(26)23-15-5-3-4-14(19)11-15/h3-5,11,13H,6-10,12H2,1-2H3,(H,20,25)(H,21,22)(H,23,26). The Kier molecular flexibility index (Phi) is 7.37. The van der Waals surface area contributed by atoms with Crippen LogP contribution in [0, 0.1) is 11.7 Å². The highest BCUT2D eigenvalue weighted by Crippen LogP contribution is 2.20. The number of amides is 2. The highest BCUT2D eigenvalue weighted by Gasteiger charge is 2.23. The van der Waals surface area contributed by atoms with Gasteiger partial charge in [0.15, 0.2) is 5.96 Å². The molecule has 0 atom stereocenters. The predicted octanol–water partition coefficient (Wildman–Crippen LogP) is 1.19. The van der Waals surface area contributed by atoms with E-state index in [1.807, 2.05) is 0 Å². The van der Waals surface area contributed by atoms with E-state index in [4.69, 9.17) is 0 Å². The molecule has 0 spiro atoms. The summed E-state index contributed by atoms with van der Waals surface area (Å²) in [6.45, 7) is 1.61. The van der Waals surface area contributed by atoms with E-state index >= 15 is 0 Å². The van der Waals surface area contributed by atoms with Crippen LogP contribution >= 0.6 is 0 Å². The summed E-state index contributed by atoms with van der Waals surface area (Å²) < 4.78 is 13.1. The van der Waals surface area contributed by atoms with E-state index < -0.39 is 5.82 Å². The van der Waals surface area contributed by atoms with Crippen molar-refractivity contribution in [1.29, 1.82) is 0 Å². The summed E-state index contributed by atoms with van der Waals surface area (Å²) in [6.07, 6.45) is 2.36. The summed E-state index contributed by atoms with van der Waals surface area (Å²) >= 11 is 0. The van der Waals surface area contributed by atoms with Crippen LogP contribution in [0.4, 0.5) is 10.1 Å². The maximum absolute atomic E-state index is 13.1. The van der Waals surface area contributed by atoms with Crippen LogP contribution < -0.4 is 16.0 Å². The highest BCUT2D eigenvalue weighted by molar-refractivity contribution is 5.95. The monoisotopic (exact) mass is 363 g/mol. The van der Waals surface area contributed by atoms with Gasteiger partial charge in [0.25, 0.3) is 0 Å². The van der Waals surface area contributed by atoms with E-state index in [2.05, 4.69) is 25.8 Å². The molecule has 2 rings (SSSR count). The summed E-state index contributed by atoms with van der Waals surface area (Å²) in [5.41, 5.74) is 0.418. The van der Waals surface area contributed by atoms with Crippen LogP contribution in [0.1, 0.15) is 19.3 Å². The molecule has 3 N–H and O–H groups in total. The lowest BCUT2D eigenvalue weighted by molar-refractivity contribution is -0.121. The van der Waals surface area contributed by atoms with E-state index in [-0.39, 0.29) is 18.4 Å². The molecule has 1 aliphatic rings. The van der Waals surface area contributed by atoms with Crippen molar-refractivity contribution >= 4 is 23.5 Å². The van der Waals surface area contributed by atoms with Gasteiger partial charge in [-0.25, -0.2) is 4.39 Å². The maximum Gasteiger partial charge on any atom is 0.243 e. The van der Waals surface area contributed by atoms with Crippen LogP contribution in [0.2, 0.25) is 0 Å². The molecular weight excluding hydrogens is 337 g/mol. The van der Waals surface area contributed by atoms with Gasteiger partial charge in [0.05, 0.1) is 6.54 Å². The minimum atomic E-state index is -0.397. The summed E-state index contributed by atoms with van der Waals surface area (Å²) in [5, 5.41) is 8.33. The number of hydrogen-bond donors (Lipinski definition) is 3. The largest absolute Gasteiger partial charge is 0.359 e. The Morgan fingerprint density at radius 3 is 2.62 bits per heavy atom. The molecule has 8 heteroatoms. The average Bonchev–Trinajstić information content (AvgIpc) is 2.63. The van der Waals surface area contributed by atoms with Crippen molar-refractivity contribution < 1.29 is 14.0 Å². The van der Waals surface area contributed by atoms with Crippen molar-refractivity contribution in [3.05, 3.63) is 30.1 Å². The first kappa shape index (κ1) is 19.7. The summed E-state index contributed by atoms with van der Waals surface area (Å²) in [6, 6.07) is 5.76. The van der Waals surface area contributed by atoms with Crippen molar-refractivity contribution in [2.75, 3.05) is 39.0 Å². The molecule has 0 aliphatic carbocycles. The molecular formula is C18H26FN5O2. The second-order valence-corrected chi connectivity index (χ2v) is 6.27. The van der Waals surface area contributed by atoms with Crippen LogP contribution in [-0.4, -0.2) is 56.4 Å². The number of anilines is 1. The zero-order valence-electron chi connectivity index (χ0n) is 15.2. The van der Waals surface area contributed by atoms with Crippen LogP contribution in [0.25, 0.3) is 0 Å². The third-order valence-electron chi connectivity index (χ3n) is 4.39. The van der Waals surface area contributed by atoms with Gasteiger partial charge in [-0.2, -0.15) is 0 Å². The second kappa shape index (κ2) is 9.74. The van der Waals surface area contributed by atoms with Gasteiger partial charge in [-0.05, 0) is 37.0 Å². The molecule has 0 aromatic heterocycles. The summed E-state index contributed by atoms with van der Waals surface area (Å²) in [5.74, 6) is 0.427. The Labute approximate surface area is 153 Å². The number of guanidine groups is 1. The van der Waals surface area contributed by atoms with Crippen LogP contribution in [-0.2, 0) is 9.59 Å². The van der Waals surface area contributed by atoms with Crippen molar-refractivity contribution in [2.45, 2.75) is 19.3 Å². The number of likely N-dealkylation sites (tertiary alicyclic amines) is 1. The van der Waals surface area contributed by atoms with E-state index in [9.17, 15) is 14.0 Å². The first-order valence-corrected chi connectivity index (χ1v) is 8.73. The maximum atomic E-state index is 13.1. The molecule has 0 saturated carbocycles. The number of hydrogen-bond acceptors (Lipinski definition) is 3. The molecule has 1 aliphatic heterocycles. The quantitative estimate of drug-likeness (QED) is 0.542. The number of aliphatic imine (C=N–C) groups is 1. The Morgan fingerprint density at radius 2 is 2.00 bits per heavy atom. The van der Waals surface area contributed by atoms with E-state index in [0.29, 0.717) is 24.0 Å². The molecule has 1 heterocycles. The lowest BCUT2D eigenvalue weighted by Gasteiger charge is -2.33. The fraction of sp³-hybridized carbons (Fsp3) is 0.500. The van der Waals surface area contributed by atoms with E-state index in [1.165, 1.54) is 12.1 Å². The van der Waals surface area contributed by atoms with Crippen molar-refractivity contribution in [2.24, 2.45) is 10.9 Å². The fourth-order valence-electron chi connectivity index (χ4n) is 2.98. The van der Waals surface area contributed by atoms with Gasteiger partial charge in [-0.15, -0.1) is 0 Å². The molecule has 0 radical (unpaired) electrons. The molecule has 142 valence electrons. The van der Waals surface area contributed by atoms with Crippen LogP contribution in [0.3, 0.4) is 0 Å². The zero-order chi connectivity index (χ0) is 18.9. The molecule has 0 bridgehead atoms. The number of piperidine rings is 1. The predicted molar refractivity (Wildman–Crippen MR) is 99.4 cm³/mol. The Hall–Kier alpha value is -2.64. The smallest absolute Gasteiger partial charge is 0.243 e. The molecule has 1 aromatic carbocycles. The van der Waals surface area contributed by atoms with Crippen molar-refractivity contribution in [3.8, 4) is 0 Å². The van der Waals surface area contributed by atoms with Gasteiger partial charge in [-0.1, -0.05) is 6.07 Å². The molecule has 1 fully saturated rings. The van der Waals surface area contributed by atoms with Crippen LogP contribution in [0.15, 0.2) is 29.3 Å². The molecule has 2 amide bonds. The van der Waals surface area contributed by atoms with Gasteiger partial charge in [0.1, 0.15) is 5.82 Å². The lowest BCUT2D eigenvalue weighted by Crippen LogP contribution is -2.47. The average molecular weight is 363 g/mol. The lowest BCUT2D eigenvalue weighted by atomic mass is 9.93. The number of halogens is 1. The van der Waals surface area contributed by atoms with E-state index in [1.54, 1.807) is 26.2 Å². The Balaban J connectivity index is 1.77. The molecule has 7 nitrogen and oxygen atoms in total. The fourth-order valence-corrected chi connectivity index (χ4v) is 2.98. The summed E-state index contributed by atoms with van der Waals surface area (Å²) in [7, 11) is 3.32. The van der Waals surface area contributed by atoms with Gasteiger partial charge in [-0.3, -0.25) is 14.6 Å². The van der Waals surface area contributed by atoms with Gasteiger partial charge < -0.3 is 20.9 Å². The third-order valence-corrected chi connectivity index (χ3v) is 4.39. The zero-order valence-corrected chi connectivity index (χ0v) is 15.2. The first-order valence-electron chi connectivity index (χ1n) is 8.73. The van der Waals surface area contributed by atoms with Crippen molar-refractivity contribution in [3.63, 3.8) is 0 Å². The minimum absolute atomic E-state index is 0.0430. The number of benzene rings is 1. The summed E-state index contributed by atoms with van der Waals surface area (Å²) in [4.78, 5) is 29.8. The van der Waals surface area contributed by atoms with Gasteiger partial charge in [0, 0.05) is 39.3 Å². The second-order valence-electron chi connectivity index (χ2n) is 6.27. The van der Waals surface area contributed by atoms with Gasteiger partial charge in [0.2, 0.25) is 11.8 Å². The Morgan fingerprint density at radius 1 is 1.27 bits per heavy atom. The van der Waals surface area contributed by atoms with Crippen molar-refractivity contribution in [1.82, 2.24) is 15.5 Å². The molecule has 1 aromatic rings.